The van der Waals surface area contributed by atoms with E-state index in [0.29, 0.717) is 25.8 Å². The van der Waals surface area contributed by atoms with E-state index >= 15 is 0 Å². The summed E-state index contributed by atoms with van der Waals surface area (Å²) in [4.78, 5) is 23.9. The molecule has 0 fully saturated rings. The topological polar surface area (TPSA) is 66.8 Å². The van der Waals surface area contributed by atoms with Crippen molar-refractivity contribution >= 4 is 11.9 Å². The molecule has 0 spiro atoms. The summed E-state index contributed by atoms with van der Waals surface area (Å²) >= 11 is 0. The van der Waals surface area contributed by atoms with Gasteiger partial charge in [0.1, 0.15) is 5.75 Å². The highest BCUT2D eigenvalue weighted by atomic mass is 16.5. The maximum atomic E-state index is 11.9. The Morgan fingerprint density at radius 3 is 2.60 bits per heavy atom. The van der Waals surface area contributed by atoms with Crippen molar-refractivity contribution in [2.24, 2.45) is 0 Å². The van der Waals surface area contributed by atoms with Crippen molar-refractivity contribution in [3.63, 3.8) is 0 Å². The van der Waals surface area contributed by atoms with E-state index in [4.69, 9.17) is 9.84 Å². The molecule has 0 saturated heterocycles. The lowest BCUT2D eigenvalue weighted by Gasteiger charge is -2.17. The Kier molecular flexibility index (Phi) is 6.56. The lowest BCUT2D eigenvalue weighted by molar-refractivity contribution is -0.137. The normalized spacial score (nSPS) is 10.1. The molecule has 1 aromatic rings. The average molecular weight is 279 g/mol. The molecule has 0 aliphatic heterocycles. The summed E-state index contributed by atoms with van der Waals surface area (Å²) in [5, 5.41) is 8.52. The fraction of sp³-hybridized carbons (Fsp3) is 0.467. The van der Waals surface area contributed by atoms with E-state index in [1.807, 2.05) is 24.3 Å². The van der Waals surface area contributed by atoms with Crippen LogP contribution in [-0.4, -0.2) is 36.0 Å². The molecule has 0 aromatic heterocycles. The van der Waals surface area contributed by atoms with Crippen LogP contribution in [0.4, 0.5) is 0 Å². The van der Waals surface area contributed by atoms with E-state index in [1.54, 1.807) is 19.1 Å². The standard InChI is InChI=1S/C15H21NO4/c1-16(14(17)8-3-4-9-15(18)19)11-12-6-5-7-13(10-12)20-2/h5-7,10H,3-4,8-9,11H2,1-2H3,(H,18,19). The maximum Gasteiger partial charge on any atom is 0.303 e. The van der Waals surface area contributed by atoms with E-state index in [2.05, 4.69) is 0 Å². The number of aliphatic carboxylic acids is 1. The molecule has 0 atom stereocenters. The van der Waals surface area contributed by atoms with E-state index in [0.717, 1.165) is 11.3 Å². The molecule has 0 radical (unpaired) electrons. The zero-order valence-corrected chi connectivity index (χ0v) is 12.0. The number of hydrogen-bond acceptors (Lipinski definition) is 3. The third-order valence-corrected chi connectivity index (χ3v) is 3.01. The lowest BCUT2D eigenvalue weighted by atomic mass is 10.1. The van der Waals surface area contributed by atoms with Gasteiger partial charge in [-0.1, -0.05) is 12.1 Å². The third kappa shape index (κ3) is 5.73. The van der Waals surface area contributed by atoms with Crippen LogP contribution in [0.5, 0.6) is 5.75 Å². The molecule has 110 valence electrons. The zero-order chi connectivity index (χ0) is 15.0. The molecule has 20 heavy (non-hydrogen) atoms. The van der Waals surface area contributed by atoms with Crippen molar-refractivity contribution in [1.29, 1.82) is 0 Å². The van der Waals surface area contributed by atoms with Gasteiger partial charge in [-0.3, -0.25) is 9.59 Å². The molecule has 0 heterocycles. The van der Waals surface area contributed by atoms with Crippen molar-refractivity contribution in [2.45, 2.75) is 32.2 Å². The lowest BCUT2D eigenvalue weighted by Crippen LogP contribution is -2.25. The minimum atomic E-state index is -0.817. The van der Waals surface area contributed by atoms with Gasteiger partial charge < -0.3 is 14.7 Å². The molecule has 5 nitrogen and oxygen atoms in total. The van der Waals surface area contributed by atoms with Crippen LogP contribution in [0.25, 0.3) is 0 Å². The first-order valence-electron chi connectivity index (χ1n) is 6.61. The Labute approximate surface area is 119 Å². The van der Waals surface area contributed by atoms with Gasteiger partial charge in [0.15, 0.2) is 0 Å². The van der Waals surface area contributed by atoms with Gasteiger partial charge in [0, 0.05) is 26.4 Å². The van der Waals surface area contributed by atoms with E-state index in [1.165, 1.54) is 0 Å². The number of nitrogens with zero attached hydrogens (tertiary/aromatic N) is 1. The summed E-state index contributed by atoms with van der Waals surface area (Å²) in [6, 6.07) is 7.58. The molecular weight excluding hydrogens is 258 g/mol. The van der Waals surface area contributed by atoms with Crippen molar-refractivity contribution < 1.29 is 19.4 Å². The predicted octanol–water partition coefficient (Wildman–Crippen LogP) is 2.30. The Morgan fingerprint density at radius 2 is 1.95 bits per heavy atom. The molecule has 0 unspecified atom stereocenters. The van der Waals surface area contributed by atoms with E-state index in [9.17, 15) is 9.59 Å². The molecule has 0 aliphatic rings. The van der Waals surface area contributed by atoms with Crippen molar-refractivity contribution in [3.8, 4) is 5.75 Å². The number of methoxy groups -OCH3 is 1. The van der Waals surface area contributed by atoms with Crippen LogP contribution in [0.1, 0.15) is 31.2 Å². The van der Waals surface area contributed by atoms with Gasteiger partial charge in [0.25, 0.3) is 0 Å². The third-order valence-electron chi connectivity index (χ3n) is 3.01. The van der Waals surface area contributed by atoms with Gasteiger partial charge in [-0.25, -0.2) is 0 Å². The monoisotopic (exact) mass is 279 g/mol. The first-order chi connectivity index (χ1) is 9.52. The number of hydrogen-bond donors (Lipinski definition) is 1. The summed E-state index contributed by atoms with van der Waals surface area (Å²) in [6.45, 7) is 0.523. The second-order valence-corrected chi connectivity index (χ2v) is 4.70. The van der Waals surface area contributed by atoms with Crippen molar-refractivity contribution in [1.82, 2.24) is 4.90 Å². The van der Waals surface area contributed by atoms with E-state index < -0.39 is 5.97 Å². The highest BCUT2D eigenvalue weighted by Crippen LogP contribution is 2.14. The zero-order valence-electron chi connectivity index (χ0n) is 12.0. The summed E-state index contributed by atoms with van der Waals surface area (Å²) in [7, 11) is 3.36. The smallest absolute Gasteiger partial charge is 0.303 e. The number of amides is 1. The molecule has 0 bridgehead atoms. The van der Waals surface area contributed by atoms with Gasteiger partial charge in [0.05, 0.1) is 7.11 Å². The highest BCUT2D eigenvalue weighted by molar-refractivity contribution is 5.76. The van der Waals surface area contributed by atoms with Crippen LogP contribution in [0.3, 0.4) is 0 Å². The number of carbonyl (C=O) groups is 2. The molecule has 1 rings (SSSR count). The van der Waals surface area contributed by atoms with Crippen LogP contribution >= 0.6 is 0 Å². The molecule has 5 heteroatoms. The first-order valence-corrected chi connectivity index (χ1v) is 6.61. The Bertz CT molecular complexity index is 459. The number of benzene rings is 1. The molecule has 1 N–H and O–H groups in total. The highest BCUT2D eigenvalue weighted by Gasteiger charge is 2.09. The summed E-state index contributed by atoms with van der Waals surface area (Å²) in [5.41, 5.74) is 1.01. The van der Waals surface area contributed by atoms with Crippen LogP contribution in [-0.2, 0) is 16.1 Å². The summed E-state index contributed by atoms with van der Waals surface area (Å²) < 4.78 is 5.14. The second-order valence-electron chi connectivity index (χ2n) is 4.70. The Hall–Kier alpha value is -2.04. The van der Waals surface area contributed by atoms with Gasteiger partial charge in [-0.05, 0) is 30.5 Å². The fourth-order valence-electron chi connectivity index (χ4n) is 1.88. The molecule has 1 amide bonds. The quantitative estimate of drug-likeness (QED) is 0.741. The van der Waals surface area contributed by atoms with Crippen LogP contribution in [0.2, 0.25) is 0 Å². The SMILES string of the molecule is COc1cccc(CN(C)C(=O)CCCCC(=O)O)c1. The van der Waals surface area contributed by atoms with Gasteiger partial charge in [-0.15, -0.1) is 0 Å². The number of carboxylic acids is 1. The summed E-state index contributed by atoms with van der Waals surface area (Å²) in [6.07, 6.45) is 1.64. The van der Waals surface area contributed by atoms with E-state index in [-0.39, 0.29) is 12.3 Å². The Morgan fingerprint density at radius 1 is 1.25 bits per heavy atom. The number of unbranched alkanes of at least 4 members (excludes halogenated alkanes) is 1. The summed E-state index contributed by atoms with van der Waals surface area (Å²) in [5.74, 6) is -0.0230. The minimum Gasteiger partial charge on any atom is -0.497 e. The molecule has 1 aromatic carbocycles. The van der Waals surface area contributed by atoms with Crippen LogP contribution < -0.4 is 4.74 Å². The number of carboxylic acid groups (broad SMARTS) is 1. The second kappa shape index (κ2) is 8.19. The molecular formula is C15H21NO4. The molecule has 0 aliphatic carbocycles. The Balaban J connectivity index is 2.38. The number of ether oxygens (including phenoxy) is 1. The maximum absolute atomic E-state index is 11.9. The first kappa shape index (κ1) is 16.0. The van der Waals surface area contributed by atoms with Crippen molar-refractivity contribution in [2.75, 3.05) is 14.2 Å². The minimum absolute atomic E-state index is 0.0261. The van der Waals surface area contributed by atoms with Crippen LogP contribution in [0.15, 0.2) is 24.3 Å². The van der Waals surface area contributed by atoms with Gasteiger partial charge in [-0.2, -0.15) is 0 Å². The average Bonchev–Trinajstić information content (AvgIpc) is 2.43. The van der Waals surface area contributed by atoms with Gasteiger partial charge in [0.2, 0.25) is 5.91 Å². The van der Waals surface area contributed by atoms with Gasteiger partial charge >= 0.3 is 5.97 Å². The largest absolute Gasteiger partial charge is 0.497 e. The molecule has 0 saturated carbocycles. The fourth-order valence-corrected chi connectivity index (χ4v) is 1.88. The van der Waals surface area contributed by atoms with Crippen molar-refractivity contribution in [3.05, 3.63) is 29.8 Å². The number of carbonyl (C=O) groups excluding carboxylic acids is 1. The number of rotatable bonds is 8. The predicted molar refractivity (Wildman–Crippen MR) is 75.6 cm³/mol. The van der Waals surface area contributed by atoms with Crippen LogP contribution in [0, 0.1) is 0 Å².